The minimum Gasteiger partial charge on any atom is -0.480 e. The van der Waals surface area contributed by atoms with Crippen molar-refractivity contribution in [3.8, 4) is 0 Å². The van der Waals surface area contributed by atoms with E-state index in [-0.39, 0.29) is 11.6 Å². The Bertz CT molecular complexity index is 698. The molecule has 0 amide bonds. The number of nitrogens with one attached hydrogen (secondary N) is 1. The number of carboxylic acid groups (broad SMARTS) is 1. The summed E-state index contributed by atoms with van der Waals surface area (Å²) in [6.07, 6.45) is 1.46. The summed E-state index contributed by atoms with van der Waals surface area (Å²) in [5, 5.41) is 27.6. The molecule has 1 unspecified atom stereocenters. The van der Waals surface area contributed by atoms with Gasteiger partial charge in [0.25, 0.3) is 5.69 Å². The molecule has 1 fully saturated rings. The molecule has 1 aromatic carbocycles. The Morgan fingerprint density at radius 3 is 2.52 bits per heavy atom. The van der Waals surface area contributed by atoms with E-state index >= 15 is 0 Å². The zero-order valence-corrected chi connectivity index (χ0v) is 11.5. The first-order valence-corrected chi connectivity index (χ1v) is 7.55. The number of hydrogen-bond donors (Lipinski definition) is 3. The van der Waals surface area contributed by atoms with Crippen LogP contribution in [0.1, 0.15) is 12.8 Å². The van der Waals surface area contributed by atoms with Crippen molar-refractivity contribution in [3.63, 3.8) is 0 Å². The molecular formula is C11H13N3O6S. The van der Waals surface area contributed by atoms with Crippen LogP contribution in [0.2, 0.25) is 0 Å². The van der Waals surface area contributed by atoms with Gasteiger partial charge in [-0.25, -0.2) is 18.4 Å². The average Bonchev–Trinajstić information content (AvgIpc) is 3.18. The summed E-state index contributed by atoms with van der Waals surface area (Å²) in [5.41, 5.74) is -0.583. The number of nitro benzene ring substituents is 1. The summed E-state index contributed by atoms with van der Waals surface area (Å²) in [6.45, 7) is 0. The quantitative estimate of drug-likeness (QED) is 0.510. The van der Waals surface area contributed by atoms with E-state index in [0.29, 0.717) is 0 Å². The van der Waals surface area contributed by atoms with Crippen LogP contribution in [0.4, 0.5) is 11.4 Å². The minimum atomic E-state index is -4.07. The lowest BCUT2D eigenvalue weighted by atomic mass is 10.1. The number of nitrogens with zero attached hydrogens (tertiary/aromatic N) is 1. The Hall–Kier alpha value is -2.20. The van der Waals surface area contributed by atoms with Gasteiger partial charge in [0, 0.05) is 6.07 Å². The van der Waals surface area contributed by atoms with E-state index in [1.807, 2.05) is 0 Å². The van der Waals surface area contributed by atoms with Crippen molar-refractivity contribution in [2.24, 2.45) is 11.1 Å². The highest BCUT2D eigenvalue weighted by Crippen LogP contribution is 2.36. The summed E-state index contributed by atoms with van der Waals surface area (Å²) in [7, 11) is -4.07. The number of benzene rings is 1. The predicted molar refractivity (Wildman–Crippen MR) is 72.2 cm³/mol. The second-order valence-corrected chi connectivity index (χ2v) is 6.34. The molecule has 1 aromatic rings. The highest BCUT2D eigenvalue weighted by molar-refractivity contribution is 7.89. The van der Waals surface area contributed by atoms with Crippen LogP contribution >= 0.6 is 0 Å². The number of anilines is 1. The van der Waals surface area contributed by atoms with E-state index in [0.717, 1.165) is 31.0 Å². The molecule has 0 radical (unpaired) electrons. The lowest BCUT2D eigenvalue weighted by Gasteiger charge is -2.15. The summed E-state index contributed by atoms with van der Waals surface area (Å²) >= 11 is 0. The van der Waals surface area contributed by atoms with Crippen LogP contribution in [-0.4, -0.2) is 30.5 Å². The SMILES string of the molecule is NS(=O)(=O)c1ccc(NC(C(=O)O)C2CC2)c([N+](=O)[O-])c1. The highest BCUT2D eigenvalue weighted by Gasteiger charge is 2.37. The first-order valence-electron chi connectivity index (χ1n) is 6.00. The number of carboxylic acids is 1. The van der Waals surface area contributed by atoms with E-state index in [1.54, 1.807) is 0 Å². The lowest BCUT2D eigenvalue weighted by Crippen LogP contribution is -2.31. The summed E-state index contributed by atoms with van der Waals surface area (Å²) < 4.78 is 22.4. The van der Waals surface area contributed by atoms with Gasteiger partial charge < -0.3 is 10.4 Å². The normalized spacial score (nSPS) is 16.2. The zero-order chi connectivity index (χ0) is 15.8. The molecule has 0 spiro atoms. The predicted octanol–water partition coefficient (Wildman–Crippen LogP) is 0.517. The van der Waals surface area contributed by atoms with Crippen molar-refractivity contribution in [2.45, 2.75) is 23.8 Å². The third kappa shape index (κ3) is 3.47. The van der Waals surface area contributed by atoms with Gasteiger partial charge in [-0.3, -0.25) is 10.1 Å². The van der Waals surface area contributed by atoms with E-state index in [1.165, 1.54) is 0 Å². The van der Waals surface area contributed by atoms with Gasteiger partial charge in [0.05, 0.1) is 9.82 Å². The van der Waals surface area contributed by atoms with E-state index < -0.39 is 37.5 Å². The monoisotopic (exact) mass is 315 g/mol. The van der Waals surface area contributed by atoms with Crippen molar-refractivity contribution in [1.82, 2.24) is 0 Å². The molecule has 0 heterocycles. The van der Waals surface area contributed by atoms with E-state index in [4.69, 9.17) is 10.2 Å². The molecule has 10 heteroatoms. The number of rotatable bonds is 6. The van der Waals surface area contributed by atoms with Gasteiger partial charge in [-0.1, -0.05) is 0 Å². The van der Waals surface area contributed by atoms with Gasteiger partial charge >= 0.3 is 5.97 Å². The number of sulfonamides is 1. The fraction of sp³-hybridized carbons (Fsp3) is 0.364. The van der Waals surface area contributed by atoms with Crippen LogP contribution < -0.4 is 10.5 Å². The Morgan fingerprint density at radius 1 is 1.48 bits per heavy atom. The Kier molecular flexibility index (Phi) is 3.83. The fourth-order valence-corrected chi connectivity index (χ4v) is 2.47. The molecule has 2 rings (SSSR count). The van der Waals surface area contributed by atoms with Crippen LogP contribution in [0.5, 0.6) is 0 Å². The molecule has 0 saturated heterocycles. The second-order valence-electron chi connectivity index (χ2n) is 4.78. The maximum Gasteiger partial charge on any atom is 0.326 e. The molecule has 114 valence electrons. The molecule has 0 aromatic heterocycles. The standard InChI is InChI=1S/C11H13N3O6S/c12-21(19,20)7-3-4-8(9(5-7)14(17)18)13-10(11(15)16)6-1-2-6/h3-6,10,13H,1-2H2,(H,15,16)(H2,12,19,20). The average molecular weight is 315 g/mol. The molecule has 0 aliphatic heterocycles. The Balaban J connectivity index is 2.39. The number of nitro groups is 1. The third-order valence-corrected chi connectivity index (χ3v) is 4.08. The van der Waals surface area contributed by atoms with Gasteiger partial charge in [-0.05, 0) is 30.9 Å². The van der Waals surface area contributed by atoms with Crippen LogP contribution in [0, 0.1) is 16.0 Å². The van der Waals surface area contributed by atoms with Crippen molar-refractivity contribution in [1.29, 1.82) is 0 Å². The van der Waals surface area contributed by atoms with Gasteiger partial charge in [0.15, 0.2) is 0 Å². The molecular weight excluding hydrogens is 302 g/mol. The maximum atomic E-state index is 11.2. The van der Waals surface area contributed by atoms with Crippen molar-refractivity contribution < 1.29 is 23.2 Å². The molecule has 1 atom stereocenters. The maximum absolute atomic E-state index is 11.2. The van der Waals surface area contributed by atoms with E-state index in [9.17, 15) is 23.3 Å². The Labute approximate surface area is 120 Å². The molecule has 21 heavy (non-hydrogen) atoms. The van der Waals surface area contributed by atoms with Crippen LogP contribution in [-0.2, 0) is 14.8 Å². The largest absolute Gasteiger partial charge is 0.480 e. The van der Waals surface area contributed by atoms with Crippen LogP contribution in [0.3, 0.4) is 0 Å². The molecule has 1 aliphatic rings. The molecule has 9 nitrogen and oxygen atoms in total. The number of hydrogen-bond acceptors (Lipinski definition) is 6. The number of carbonyl (C=O) groups is 1. The van der Waals surface area contributed by atoms with Crippen molar-refractivity contribution >= 4 is 27.4 Å². The first kappa shape index (κ1) is 15.2. The second kappa shape index (κ2) is 5.30. The highest BCUT2D eigenvalue weighted by atomic mass is 32.2. The van der Waals surface area contributed by atoms with Gasteiger partial charge in [-0.2, -0.15) is 0 Å². The van der Waals surface area contributed by atoms with Crippen LogP contribution in [0.25, 0.3) is 0 Å². The smallest absolute Gasteiger partial charge is 0.326 e. The number of aliphatic carboxylic acids is 1. The van der Waals surface area contributed by atoms with E-state index in [2.05, 4.69) is 5.32 Å². The zero-order valence-electron chi connectivity index (χ0n) is 10.7. The van der Waals surface area contributed by atoms with Gasteiger partial charge in [0.2, 0.25) is 10.0 Å². The van der Waals surface area contributed by atoms with Gasteiger partial charge in [0.1, 0.15) is 11.7 Å². The molecule has 4 N–H and O–H groups in total. The Morgan fingerprint density at radius 2 is 2.10 bits per heavy atom. The molecule has 1 saturated carbocycles. The lowest BCUT2D eigenvalue weighted by molar-refractivity contribution is -0.384. The summed E-state index contributed by atoms with van der Waals surface area (Å²) in [4.78, 5) is 21.0. The van der Waals surface area contributed by atoms with Crippen molar-refractivity contribution in [2.75, 3.05) is 5.32 Å². The number of nitrogens with two attached hydrogens (primary N) is 1. The fourth-order valence-electron chi connectivity index (χ4n) is 1.94. The minimum absolute atomic E-state index is 0.0494. The van der Waals surface area contributed by atoms with Crippen molar-refractivity contribution in [3.05, 3.63) is 28.3 Å². The summed E-state index contributed by atoms with van der Waals surface area (Å²) in [6, 6.07) is 2.11. The van der Waals surface area contributed by atoms with Crippen LogP contribution in [0.15, 0.2) is 23.1 Å². The molecule has 0 bridgehead atoms. The van der Waals surface area contributed by atoms with Gasteiger partial charge in [-0.15, -0.1) is 0 Å². The summed E-state index contributed by atoms with van der Waals surface area (Å²) in [5.74, 6) is -1.19. The number of primary sulfonamides is 1. The molecule has 1 aliphatic carbocycles. The third-order valence-electron chi connectivity index (χ3n) is 3.16. The first-order chi connectivity index (χ1) is 9.70. The topological polar surface area (TPSA) is 153 Å².